The first-order valence-electron chi connectivity index (χ1n) is 10.2. The molecule has 0 fully saturated rings. The molecule has 6 rings (SSSR count). The maximum Gasteiger partial charge on any atom is 1.00 e. The van der Waals surface area contributed by atoms with Crippen LogP contribution in [-0.4, -0.2) is 60.0 Å². The first-order valence-corrected chi connectivity index (χ1v) is 11.8. The van der Waals surface area contributed by atoms with Gasteiger partial charge in [-0.3, -0.25) is 4.57 Å². The second-order valence-corrected chi connectivity index (χ2v) is 9.43. The van der Waals surface area contributed by atoms with Gasteiger partial charge in [-0.05, 0) is 44.0 Å². The standard InChI is InChI=1S/C13H11BrN4O2.C10H6BrN3O.Na.H2O/c1-17(2)13(19)18-6-10(11-5-15-7-20-11)9-3-8(14)4-16-12(9)18;11-6-1-7-8(9-4-12-5-15-9)3-14-10(7)13-2-6;;/h3-7H,1-2H3;1-5H,(H,13,14);;1H2/q;;+1;/p-1. The number of H-pyrrole nitrogens is 1. The SMILES string of the molecule is Brc1cnc2[nH]cc(-c3cnco3)c2c1.CN(C)C(=O)n1cc(-c2cnco2)c2cc(Br)cnc21.[Na+].[OH-]. The van der Waals surface area contributed by atoms with Gasteiger partial charge in [0.05, 0.1) is 12.4 Å². The molecule has 0 aliphatic rings. The molecule has 0 bridgehead atoms. The van der Waals surface area contributed by atoms with Gasteiger partial charge in [0.2, 0.25) is 0 Å². The van der Waals surface area contributed by atoms with Crippen LogP contribution in [0.4, 0.5) is 4.79 Å². The number of halogens is 2. The van der Waals surface area contributed by atoms with Crippen molar-refractivity contribution in [2.45, 2.75) is 0 Å². The minimum Gasteiger partial charge on any atom is -0.870 e. The first-order chi connectivity index (χ1) is 16.9. The van der Waals surface area contributed by atoms with Gasteiger partial charge in [-0.2, -0.15) is 0 Å². The maximum absolute atomic E-state index is 12.2. The zero-order valence-electron chi connectivity index (χ0n) is 19.9. The Hall–Kier alpha value is -2.81. The number of nitrogens with zero attached hydrogens (tertiary/aromatic N) is 6. The number of carbonyl (C=O) groups excluding carboxylic acids is 1. The minimum atomic E-state index is -0.171. The quantitative estimate of drug-likeness (QED) is 0.285. The van der Waals surface area contributed by atoms with Gasteiger partial charge in [0.1, 0.15) is 11.3 Å². The molecule has 0 saturated heterocycles. The summed E-state index contributed by atoms with van der Waals surface area (Å²) in [5.74, 6) is 1.33. The Kier molecular flexibility index (Phi) is 9.45. The number of oxazole rings is 2. The molecule has 2 N–H and O–H groups in total. The van der Waals surface area contributed by atoms with E-state index in [-0.39, 0.29) is 41.1 Å². The topological polar surface area (TPSA) is 149 Å². The number of hydrogen-bond donors (Lipinski definition) is 1. The van der Waals surface area contributed by atoms with Gasteiger partial charge in [-0.1, -0.05) is 0 Å². The number of rotatable bonds is 2. The van der Waals surface area contributed by atoms with Crippen LogP contribution in [0.5, 0.6) is 0 Å². The van der Waals surface area contributed by atoms with Crippen LogP contribution in [0.15, 0.2) is 79.9 Å². The smallest absolute Gasteiger partial charge is 0.870 e. The van der Waals surface area contributed by atoms with E-state index >= 15 is 0 Å². The average Bonchev–Trinajstić information content (AvgIpc) is 3.64. The van der Waals surface area contributed by atoms with E-state index in [4.69, 9.17) is 8.83 Å². The van der Waals surface area contributed by atoms with Crippen LogP contribution < -0.4 is 29.6 Å². The molecule has 0 saturated carbocycles. The molecule has 6 aromatic rings. The van der Waals surface area contributed by atoms with Crippen LogP contribution in [-0.2, 0) is 0 Å². The zero-order valence-corrected chi connectivity index (χ0v) is 25.1. The molecule has 0 unspecified atom stereocenters. The van der Waals surface area contributed by atoms with E-state index in [0.717, 1.165) is 42.3 Å². The summed E-state index contributed by atoms with van der Waals surface area (Å²) in [5.41, 5.74) is 3.17. The van der Waals surface area contributed by atoms with Gasteiger partial charge in [0.25, 0.3) is 0 Å². The molecule has 6 aromatic heterocycles. The monoisotopic (exact) mass is 637 g/mol. The summed E-state index contributed by atoms with van der Waals surface area (Å²) in [6.45, 7) is 0. The number of amides is 1. The molecule has 11 nitrogen and oxygen atoms in total. The van der Waals surface area contributed by atoms with Gasteiger partial charge in [0.15, 0.2) is 24.3 Å². The third-order valence-corrected chi connectivity index (χ3v) is 5.96. The van der Waals surface area contributed by atoms with E-state index in [2.05, 4.69) is 56.8 Å². The molecule has 6 heterocycles. The summed E-state index contributed by atoms with van der Waals surface area (Å²) in [7, 11) is 3.39. The Morgan fingerprint density at radius 1 is 0.919 bits per heavy atom. The normalized spacial score (nSPS) is 10.4. The van der Waals surface area contributed by atoms with Crippen LogP contribution in [0, 0.1) is 0 Å². The second-order valence-electron chi connectivity index (χ2n) is 7.60. The molecule has 37 heavy (non-hydrogen) atoms. The van der Waals surface area contributed by atoms with Gasteiger partial charge in [0, 0.05) is 69.7 Å². The van der Waals surface area contributed by atoms with Gasteiger partial charge < -0.3 is 24.2 Å². The van der Waals surface area contributed by atoms with Crippen LogP contribution in [0.1, 0.15) is 0 Å². The molecule has 0 aliphatic carbocycles. The van der Waals surface area contributed by atoms with Gasteiger partial charge >= 0.3 is 35.6 Å². The van der Waals surface area contributed by atoms with Crippen molar-refractivity contribution in [2.75, 3.05) is 14.1 Å². The molecule has 0 aliphatic heterocycles. The minimum absolute atomic E-state index is 0. The van der Waals surface area contributed by atoms with Crippen molar-refractivity contribution in [2.24, 2.45) is 0 Å². The number of carbonyl (C=O) groups is 1. The van der Waals surface area contributed by atoms with E-state index < -0.39 is 0 Å². The fourth-order valence-corrected chi connectivity index (χ4v) is 4.18. The summed E-state index contributed by atoms with van der Waals surface area (Å²) in [6.07, 6.45) is 13.1. The van der Waals surface area contributed by atoms with E-state index in [1.54, 1.807) is 45.1 Å². The second kappa shape index (κ2) is 12.2. The number of fused-ring (bicyclic) bond motifs is 2. The Morgan fingerprint density at radius 3 is 2.11 bits per heavy atom. The molecule has 0 aromatic carbocycles. The fraction of sp³-hybridized carbons (Fsp3) is 0.0870. The number of hydrogen-bond acceptors (Lipinski definition) is 8. The van der Waals surface area contributed by atoms with Gasteiger partial charge in [-0.15, -0.1) is 0 Å². The van der Waals surface area contributed by atoms with Crippen LogP contribution in [0.25, 0.3) is 44.7 Å². The summed E-state index contributed by atoms with van der Waals surface area (Å²) < 4.78 is 13.9. The van der Waals surface area contributed by atoms with Crippen molar-refractivity contribution < 1.29 is 48.7 Å². The number of aromatic nitrogens is 6. The molecular weight excluding hydrogens is 621 g/mol. The third-order valence-electron chi connectivity index (χ3n) is 5.09. The summed E-state index contributed by atoms with van der Waals surface area (Å²) in [5, 5.41) is 1.84. The molecule has 0 spiro atoms. The largest absolute Gasteiger partial charge is 1.00 e. The summed E-state index contributed by atoms with van der Waals surface area (Å²) >= 11 is 6.78. The van der Waals surface area contributed by atoms with Gasteiger partial charge in [-0.25, -0.2) is 24.7 Å². The van der Waals surface area contributed by atoms with Crippen LogP contribution >= 0.6 is 31.9 Å². The van der Waals surface area contributed by atoms with Crippen molar-refractivity contribution >= 4 is 60.0 Å². The van der Waals surface area contributed by atoms with Crippen molar-refractivity contribution in [3.05, 3.63) is 71.0 Å². The number of aromatic amines is 1. The zero-order chi connectivity index (χ0) is 24.5. The third kappa shape index (κ3) is 5.87. The molecule has 14 heteroatoms. The molecule has 1 amide bonds. The van der Waals surface area contributed by atoms with Crippen LogP contribution in [0.3, 0.4) is 0 Å². The molecule has 0 atom stereocenters. The van der Waals surface area contributed by atoms with Crippen LogP contribution in [0.2, 0.25) is 0 Å². The fourth-order valence-electron chi connectivity index (χ4n) is 3.52. The summed E-state index contributed by atoms with van der Waals surface area (Å²) in [6, 6.07) is 3.73. The van der Waals surface area contributed by atoms with E-state index in [1.165, 1.54) is 22.3 Å². The van der Waals surface area contributed by atoms with Crippen molar-refractivity contribution in [3.63, 3.8) is 0 Å². The molecule has 184 valence electrons. The number of pyridine rings is 2. The Balaban J connectivity index is 0.000000202. The summed E-state index contributed by atoms with van der Waals surface area (Å²) in [4.78, 5) is 33.2. The van der Waals surface area contributed by atoms with Crippen molar-refractivity contribution in [1.29, 1.82) is 0 Å². The predicted octanol–water partition coefficient (Wildman–Crippen LogP) is 2.79. The predicted molar refractivity (Wildman–Crippen MR) is 139 cm³/mol. The van der Waals surface area contributed by atoms with Crippen molar-refractivity contribution in [3.8, 4) is 22.6 Å². The van der Waals surface area contributed by atoms with E-state index in [9.17, 15) is 4.79 Å². The molecule has 0 radical (unpaired) electrons. The first kappa shape index (κ1) is 28.8. The van der Waals surface area contributed by atoms with E-state index in [1.807, 2.05) is 18.3 Å². The van der Waals surface area contributed by atoms with Crippen molar-refractivity contribution in [1.82, 2.24) is 34.4 Å². The molecular formula is C23H18Br2N7NaO4. The maximum atomic E-state index is 12.2. The van der Waals surface area contributed by atoms with E-state index in [0.29, 0.717) is 11.4 Å². The Labute approximate surface area is 249 Å². The Bertz CT molecular complexity index is 1630. The average molecular weight is 639 g/mol. The number of nitrogens with one attached hydrogen (secondary N) is 1. The Morgan fingerprint density at radius 2 is 1.51 bits per heavy atom.